The van der Waals surface area contributed by atoms with Crippen LogP contribution in [0.4, 0.5) is 0 Å². The highest BCUT2D eigenvalue weighted by Gasteiger charge is 2.30. The lowest BCUT2D eigenvalue weighted by atomic mass is 9.92. The van der Waals surface area contributed by atoms with Crippen molar-refractivity contribution in [1.82, 2.24) is 20.1 Å². The molecule has 0 fully saturated rings. The molecule has 2 aromatic carbocycles. The van der Waals surface area contributed by atoms with E-state index in [0.717, 1.165) is 46.3 Å². The number of aromatic nitrogens is 3. The molecule has 0 unspecified atom stereocenters. The van der Waals surface area contributed by atoms with Crippen LogP contribution in [0.5, 0.6) is 0 Å². The summed E-state index contributed by atoms with van der Waals surface area (Å²) in [4.78, 5) is 5.23. The van der Waals surface area contributed by atoms with Crippen molar-refractivity contribution in [2.24, 2.45) is 4.99 Å². The summed E-state index contributed by atoms with van der Waals surface area (Å²) >= 11 is 6.19. The van der Waals surface area contributed by atoms with Gasteiger partial charge in [-0.05, 0) is 64.1 Å². The van der Waals surface area contributed by atoms with E-state index in [9.17, 15) is 0 Å². The molecule has 0 saturated carbocycles. The molecule has 1 aromatic heterocycles. The van der Waals surface area contributed by atoms with Gasteiger partial charge in [-0.15, -0.1) is 10.2 Å². The fourth-order valence-electron chi connectivity index (χ4n) is 4.17. The number of nitrogens with zero attached hydrogens (tertiary/aromatic N) is 4. The van der Waals surface area contributed by atoms with Crippen LogP contribution >= 0.6 is 11.6 Å². The van der Waals surface area contributed by atoms with Crippen LogP contribution in [0.25, 0.3) is 5.69 Å². The van der Waals surface area contributed by atoms with Gasteiger partial charge in [0.25, 0.3) is 0 Å². The molecule has 6 nitrogen and oxygen atoms in total. The minimum absolute atomic E-state index is 0.169. The van der Waals surface area contributed by atoms with E-state index in [2.05, 4.69) is 59.1 Å². The molecule has 0 saturated heterocycles. The first kappa shape index (κ1) is 22.6. The van der Waals surface area contributed by atoms with E-state index in [1.807, 2.05) is 38.1 Å². The molecular weight excluding hydrogens is 422 g/mol. The summed E-state index contributed by atoms with van der Waals surface area (Å²) in [5.41, 5.74) is 4.65. The highest BCUT2D eigenvalue weighted by molar-refractivity contribution is 6.30. The van der Waals surface area contributed by atoms with Gasteiger partial charge >= 0.3 is 0 Å². The highest BCUT2D eigenvalue weighted by Crippen LogP contribution is 2.34. The first-order valence-corrected chi connectivity index (χ1v) is 11.5. The van der Waals surface area contributed by atoms with E-state index in [4.69, 9.17) is 21.3 Å². The van der Waals surface area contributed by atoms with E-state index < -0.39 is 5.60 Å². The van der Waals surface area contributed by atoms with Crippen LogP contribution in [0.3, 0.4) is 0 Å². The Hall–Kier alpha value is -2.54. The molecule has 168 valence electrons. The SMILES string of the molecule is CCNC[C@@H]1N=C(c2ccc(Cl)cc2)c2cc(C(C)(C)OCC)ccc2-n2c(C)nnc21. The summed E-state index contributed by atoms with van der Waals surface area (Å²) < 4.78 is 8.17. The van der Waals surface area contributed by atoms with Gasteiger partial charge in [0.1, 0.15) is 11.9 Å². The number of hydrogen-bond donors (Lipinski definition) is 1. The molecular formula is C25H30ClN5O. The number of aryl methyl sites for hydroxylation is 1. The fourth-order valence-corrected chi connectivity index (χ4v) is 4.30. The van der Waals surface area contributed by atoms with Crippen LogP contribution in [0.15, 0.2) is 47.5 Å². The van der Waals surface area contributed by atoms with Crippen molar-refractivity contribution in [2.75, 3.05) is 19.7 Å². The normalized spacial score (nSPS) is 15.7. The number of ether oxygens (including phenoxy) is 1. The van der Waals surface area contributed by atoms with E-state index in [-0.39, 0.29) is 6.04 Å². The van der Waals surface area contributed by atoms with Crippen molar-refractivity contribution in [3.63, 3.8) is 0 Å². The zero-order valence-corrected chi connectivity index (χ0v) is 20.1. The summed E-state index contributed by atoms with van der Waals surface area (Å²) in [6.45, 7) is 12.5. The molecule has 1 N–H and O–H groups in total. The van der Waals surface area contributed by atoms with Crippen molar-refractivity contribution < 1.29 is 4.74 Å². The maximum absolute atomic E-state index is 6.19. The molecule has 0 radical (unpaired) electrons. The molecule has 4 rings (SSSR count). The lowest BCUT2D eigenvalue weighted by molar-refractivity contribution is -0.0140. The molecule has 0 bridgehead atoms. The first-order chi connectivity index (χ1) is 15.4. The Labute approximate surface area is 194 Å². The standard InChI is InChI=1S/C25H30ClN5O/c1-6-27-15-21-24-30-29-16(3)31(24)22-13-10-18(25(4,5)32-7-2)14-20(22)23(28-21)17-8-11-19(26)12-9-17/h8-14,21,27H,6-7,15H2,1-5H3/t21-/m0/s1. The van der Waals surface area contributed by atoms with Crippen LogP contribution in [0.1, 0.15) is 62.1 Å². The highest BCUT2D eigenvalue weighted by atomic mass is 35.5. The third-order valence-corrected chi connectivity index (χ3v) is 6.08. The van der Waals surface area contributed by atoms with Gasteiger partial charge in [-0.1, -0.05) is 36.7 Å². The van der Waals surface area contributed by atoms with Crippen LogP contribution in [0.2, 0.25) is 5.02 Å². The lowest BCUT2D eigenvalue weighted by Crippen LogP contribution is -2.22. The number of hydrogen-bond acceptors (Lipinski definition) is 5. The fraction of sp³-hybridized carbons (Fsp3) is 0.400. The number of aliphatic imine (C=N–C) groups is 1. The van der Waals surface area contributed by atoms with Gasteiger partial charge in [0.15, 0.2) is 5.82 Å². The third kappa shape index (κ3) is 4.22. The van der Waals surface area contributed by atoms with Crippen LogP contribution in [-0.4, -0.2) is 40.2 Å². The maximum Gasteiger partial charge on any atom is 0.163 e. The van der Waals surface area contributed by atoms with Crippen molar-refractivity contribution in [1.29, 1.82) is 0 Å². The van der Waals surface area contributed by atoms with Gasteiger partial charge in [-0.25, -0.2) is 0 Å². The zero-order chi connectivity index (χ0) is 22.9. The Bertz CT molecular complexity index is 1130. The number of benzene rings is 2. The first-order valence-electron chi connectivity index (χ1n) is 11.1. The van der Waals surface area contributed by atoms with E-state index >= 15 is 0 Å². The smallest absolute Gasteiger partial charge is 0.163 e. The number of fused-ring (bicyclic) bond motifs is 3. The summed E-state index contributed by atoms with van der Waals surface area (Å²) in [6.07, 6.45) is 0. The summed E-state index contributed by atoms with van der Waals surface area (Å²) in [7, 11) is 0. The minimum atomic E-state index is -0.421. The molecule has 0 spiro atoms. The Morgan fingerprint density at radius 2 is 1.84 bits per heavy atom. The average Bonchev–Trinajstić information content (AvgIpc) is 3.09. The van der Waals surface area contributed by atoms with Crippen molar-refractivity contribution >= 4 is 17.3 Å². The largest absolute Gasteiger partial charge is 0.371 e. The summed E-state index contributed by atoms with van der Waals surface area (Å²) in [6, 6.07) is 14.1. The Morgan fingerprint density at radius 3 is 2.53 bits per heavy atom. The monoisotopic (exact) mass is 451 g/mol. The van der Waals surface area contributed by atoms with Crippen LogP contribution in [0, 0.1) is 6.92 Å². The van der Waals surface area contributed by atoms with E-state index in [1.54, 1.807) is 0 Å². The van der Waals surface area contributed by atoms with E-state index in [0.29, 0.717) is 18.2 Å². The molecule has 32 heavy (non-hydrogen) atoms. The van der Waals surface area contributed by atoms with Crippen LogP contribution < -0.4 is 5.32 Å². The minimum Gasteiger partial charge on any atom is -0.371 e. The number of likely N-dealkylation sites (N-methyl/N-ethyl adjacent to an activating group) is 1. The number of rotatable bonds is 7. The predicted molar refractivity (Wildman–Crippen MR) is 129 cm³/mol. The molecule has 1 aliphatic rings. The van der Waals surface area contributed by atoms with Crippen molar-refractivity contribution in [3.05, 3.63) is 75.8 Å². The predicted octanol–water partition coefficient (Wildman–Crippen LogP) is 5.00. The molecule has 1 atom stereocenters. The average molecular weight is 452 g/mol. The second-order valence-corrected chi connectivity index (χ2v) is 8.86. The molecule has 3 aromatic rings. The lowest BCUT2D eigenvalue weighted by Gasteiger charge is -2.26. The molecule has 0 aliphatic carbocycles. The molecule has 2 heterocycles. The summed E-state index contributed by atoms with van der Waals surface area (Å²) in [5.74, 6) is 1.68. The van der Waals surface area contributed by atoms with Gasteiger partial charge < -0.3 is 10.1 Å². The van der Waals surface area contributed by atoms with E-state index in [1.165, 1.54) is 0 Å². The Kier molecular flexibility index (Phi) is 6.47. The summed E-state index contributed by atoms with van der Waals surface area (Å²) in [5, 5.41) is 13.0. The van der Waals surface area contributed by atoms with Crippen molar-refractivity contribution in [2.45, 2.75) is 46.3 Å². The van der Waals surface area contributed by atoms with Crippen molar-refractivity contribution in [3.8, 4) is 5.69 Å². The topological polar surface area (TPSA) is 64.3 Å². The zero-order valence-electron chi connectivity index (χ0n) is 19.3. The van der Waals surface area contributed by atoms with Gasteiger partial charge in [-0.3, -0.25) is 9.56 Å². The Morgan fingerprint density at radius 1 is 1.09 bits per heavy atom. The second-order valence-electron chi connectivity index (χ2n) is 8.42. The third-order valence-electron chi connectivity index (χ3n) is 5.83. The molecule has 7 heteroatoms. The molecule has 0 amide bonds. The number of halogens is 1. The second kappa shape index (κ2) is 9.14. The van der Waals surface area contributed by atoms with Gasteiger partial charge in [0.2, 0.25) is 0 Å². The van der Waals surface area contributed by atoms with Gasteiger partial charge in [0, 0.05) is 29.3 Å². The Balaban J connectivity index is 1.98. The molecule has 1 aliphatic heterocycles. The van der Waals surface area contributed by atoms with Crippen LogP contribution in [-0.2, 0) is 10.3 Å². The quantitative estimate of drug-likeness (QED) is 0.548. The van der Waals surface area contributed by atoms with Gasteiger partial charge in [0.05, 0.1) is 17.0 Å². The number of nitrogens with one attached hydrogen (secondary N) is 1. The maximum atomic E-state index is 6.19. The van der Waals surface area contributed by atoms with Gasteiger partial charge in [-0.2, -0.15) is 0 Å².